The second-order valence-corrected chi connectivity index (χ2v) is 7.02. The van der Waals surface area contributed by atoms with Crippen LogP contribution in [-0.4, -0.2) is 18.2 Å². The van der Waals surface area contributed by atoms with Crippen molar-refractivity contribution in [2.45, 2.75) is 25.3 Å². The van der Waals surface area contributed by atoms with Gasteiger partial charge in [-0.15, -0.1) is 0 Å². The molecular formula is C13H17ClN4O2S. The molecule has 6 nitrogen and oxygen atoms in total. The van der Waals surface area contributed by atoms with Crippen LogP contribution in [0.3, 0.4) is 0 Å². The topological polar surface area (TPSA) is 90.0 Å². The molecule has 1 heterocycles. The summed E-state index contributed by atoms with van der Waals surface area (Å²) in [5.74, 6) is 0. The lowest BCUT2D eigenvalue weighted by molar-refractivity contribution is 0.581. The van der Waals surface area contributed by atoms with Crippen LogP contribution in [0.4, 0.5) is 5.69 Å². The van der Waals surface area contributed by atoms with Crippen LogP contribution in [0.1, 0.15) is 16.8 Å². The van der Waals surface area contributed by atoms with Gasteiger partial charge in [-0.25, -0.2) is 13.1 Å². The first-order chi connectivity index (χ1) is 9.70. The van der Waals surface area contributed by atoms with Crippen molar-refractivity contribution in [1.29, 1.82) is 0 Å². The molecule has 0 spiro atoms. The van der Waals surface area contributed by atoms with Gasteiger partial charge in [0.25, 0.3) is 0 Å². The van der Waals surface area contributed by atoms with Crippen LogP contribution >= 0.6 is 11.6 Å². The maximum Gasteiger partial charge on any atom is 0.242 e. The number of hydrogen-bond acceptors (Lipinski definition) is 4. The number of benzene rings is 1. The van der Waals surface area contributed by atoms with Gasteiger partial charge in [0.2, 0.25) is 10.0 Å². The summed E-state index contributed by atoms with van der Waals surface area (Å²) in [4.78, 5) is -0.0196. The molecule has 2 rings (SSSR count). The summed E-state index contributed by atoms with van der Waals surface area (Å²) in [5.41, 5.74) is 8.46. The molecule has 1 aromatic heterocycles. The van der Waals surface area contributed by atoms with Crippen molar-refractivity contribution in [2.75, 3.05) is 5.73 Å². The van der Waals surface area contributed by atoms with Crippen molar-refractivity contribution < 1.29 is 8.42 Å². The average molecular weight is 329 g/mol. The normalized spacial score (nSPS) is 11.8. The summed E-state index contributed by atoms with van der Waals surface area (Å²) in [6.45, 7) is 3.73. The molecule has 0 saturated carbocycles. The highest BCUT2D eigenvalue weighted by Gasteiger charge is 2.19. The minimum Gasteiger partial charge on any atom is -0.398 e. The molecule has 0 aliphatic heterocycles. The van der Waals surface area contributed by atoms with E-state index in [4.69, 9.17) is 17.3 Å². The van der Waals surface area contributed by atoms with Gasteiger partial charge in [0.05, 0.1) is 10.7 Å². The quantitative estimate of drug-likeness (QED) is 0.837. The van der Waals surface area contributed by atoms with Crippen molar-refractivity contribution in [3.05, 3.63) is 40.2 Å². The number of aryl methyl sites for hydroxylation is 3. The van der Waals surface area contributed by atoms with E-state index in [2.05, 4.69) is 9.82 Å². The van der Waals surface area contributed by atoms with E-state index in [1.807, 2.05) is 6.92 Å². The fourth-order valence-corrected chi connectivity index (χ4v) is 3.57. The van der Waals surface area contributed by atoms with E-state index in [9.17, 15) is 8.42 Å². The lowest BCUT2D eigenvalue weighted by atomic mass is 10.2. The molecule has 0 aliphatic rings. The number of rotatable bonds is 4. The zero-order valence-electron chi connectivity index (χ0n) is 12.0. The van der Waals surface area contributed by atoms with E-state index in [1.54, 1.807) is 30.9 Å². The number of nitrogen functional groups attached to an aromatic ring is 1. The molecule has 21 heavy (non-hydrogen) atoms. The number of nitrogens with zero attached hydrogens (tertiary/aromatic N) is 2. The predicted molar refractivity (Wildman–Crippen MR) is 82.6 cm³/mol. The molecule has 8 heteroatoms. The van der Waals surface area contributed by atoms with E-state index in [1.165, 1.54) is 6.07 Å². The third-order valence-electron chi connectivity index (χ3n) is 3.18. The number of nitrogens with one attached hydrogen (secondary N) is 1. The van der Waals surface area contributed by atoms with Gasteiger partial charge in [-0.1, -0.05) is 11.6 Å². The fraction of sp³-hybridized carbons (Fsp3) is 0.308. The maximum atomic E-state index is 12.3. The van der Waals surface area contributed by atoms with Crippen molar-refractivity contribution in [1.82, 2.24) is 14.5 Å². The smallest absolute Gasteiger partial charge is 0.242 e. The van der Waals surface area contributed by atoms with Crippen LogP contribution in [0.25, 0.3) is 0 Å². The first kappa shape index (κ1) is 15.8. The van der Waals surface area contributed by atoms with Crippen molar-refractivity contribution >= 4 is 27.3 Å². The third-order valence-corrected chi connectivity index (χ3v) is 5.04. The highest BCUT2D eigenvalue weighted by Crippen LogP contribution is 2.26. The average Bonchev–Trinajstić information content (AvgIpc) is 2.70. The molecule has 0 radical (unpaired) electrons. The summed E-state index contributed by atoms with van der Waals surface area (Å²) >= 11 is 6.01. The largest absolute Gasteiger partial charge is 0.398 e. The van der Waals surface area contributed by atoms with Gasteiger partial charge in [0.1, 0.15) is 4.90 Å². The standard InChI is InChI=1S/C13H17ClN4O2S/c1-8-4-11(14)13(5-12(8)15)21(19,20)16-6-10-7-18(3)17-9(10)2/h4-5,7,16H,6,15H2,1-3H3. The van der Waals surface area contributed by atoms with Crippen LogP contribution in [0.2, 0.25) is 5.02 Å². The van der Waals surface area contributed by atoms with Crippen LogP contribution in [-0.2, 0) is 23.6 Å². The molecule has 0 fully saturated rings. The van der Waals surface area contributed by atoms with Gasteiger partial charge >= 0.3 is 0 Å². The number of halogens is 1. The summed E-state index contributed by atoms with van der Waals surface area (Å²) in [5, 5.41) is 4.31. The highest BCUT2D eigenvalue weighted by molar-refractivity contribution is 7.89. The van der Waals surface area contributed by atoms with Crippen molar-refractivity contribution in [2.24, 2.45) is 7.05 Å². The Labute approximate surface area is 129 Å². The molecule has 0 aliphatic carbocycles. The van der Waals surface area contributed by atoms with Gasteiger partial charge in [0, 0.05) is 31.0 Å². The van der Waals surface area contributed by atoms with E-state index >= 15 is 0 Å². The van der Waals surface area contributed by atoms with Gasteiger partial charge < -0.3 is 5.73 Å². The minimum absolute atomic E-state index is 0.0196. The molecule has 0 unspecified atom stereocenters. The summed E-state index contributed by atoms with van der Waals surface area (Å²) < 4.78 is 28.8. The van der Waals surface area contributed by atoms with Gasteiger partial charge in [-0.05, 0) is 31.5 Å². The second-order valence-electron chi connectivity index (χ2n) is 4.88. The molecule has 0 bridgehead atoms. The Morgan fingerprint density at radius 3 is 2.62 bits per heavy atom. The number of nitrogens with two attached hydrogens (primary N) is 1. The molecule has 0 atom stereocenters. The second kappa shape index (κ2) is 5.67. The zero-order valence-corrected chi connectivity index (χ0v) is 13.6. The minimum atomic E-state index is -3.73. The van der Waals surface area contributed by atoms with Gasteiger partial charge in [0.15, 0.2) is 0 Å². The van der Waals surface area contributed by atoms with Crippen LogP contribution in [0.15, 0.2) is 23.2 Å². The molecule has 3 N–H and O–H groups in total. The van der Waals surface area contributed by atoms with E-state index in [-0.39, 0.29) is 16.5 Å². The summed E-state index contributed by atoms with van der Waals surface area (Å²) in [7, 11) is -1.95. The first-order valence-corrected chi connectivity index (χ1v) is 8.11. The predicted octanol–water partition coefficient (Wildman–Crippen LogP) is 1.75. The Balaban J connectivity index is 2.27. The van der Waals surface area contributed by atoms with Crippen LogP contribution < -0.4 is 10.5 Å². The summed E-state index contributed by atoms with van der Waals surface area (Å²) in [6.07, 6.45) is 1.77. The number of hydrogen-bond donors (Lipinski definition) is 2. The van der Waals surface area contributed by atoms with E-state index < -0.39 is 10.0 Å². The zero-order chi connectivity index (χ0) is 15.8. The molecule has 114 valence electrons. The first-order valence-electron chi connectivity index (χ1n) is 6.25. The van der Waals surface area contributed by atoms with Crippen molar-refractivity contribution in [3.8, 4) is 0 Å². The van der Waals surface area contributed by atoms with Crippen LogP contribution in [0, 0.1) is 13.8 Å². The third kappa shape index (κ3) is 3.37. The Hall–Kier alpha value is -1.57. The summed E-state index contributed by atoms with van der Waals surface area (Å²) in [6, 6.07) is 2.91. The van der Waals surface area contributed by atoms with Gasteiger partial charge in [-0.3, -0.25) is 4.68 Å². The van der Waals surface area contributed by atoms with E-state index in [0.29, 0.717) is 5.69 Å². The Kier molecular flexibility index (Phi) is 4.27. The molecular weight excluding hydrogens is 312 g/mol. The van der Waals surface area contributed by atoms with Crippen molar-refractivity contribution in [3.63, 3.8) is 0 Å². The fourth-order valence-electron chi connectivity index (χ4n) is 1.95. The molecule has 0 saturated heterocycles. The lowest BCUT2D eigenvalue weighted by Gasteiger charge is -2.10. The van der Waals surface area contributed by atoms with Gasteiger partial charge in [-0.2, -0.15) is 5.10 Å². The highest BCUT2D eigenvalue weighted by atomic mass is 35.5. The molecule has 2 aromatic rings. The Morgan fingerprint density at radius 2 is 2.05 bits per heavy atom. The number of aromatic nitrogens is 2. The Morgan fingerprint density at radius 1 is 1.38 bits per heavy atom. The lowest BCUT2D eigenvalue weighted by Crippen LogP contribution is -2.24. The monoisotopic (exact) mass is 328 g/mol. The van der Waals surface area contributed by atoms with E-state index in [0.717, 1.165) is 16.8 Å². The molecule has 1 aromatic carbocycles. The number of sulfonamides is 1. The van der Waals surface area contributed by atoms with Crippen LogP contribution in [0.5, 0.6) is 0 Å². The Bertz CT molecular complexity index is 784. The SMILES string of the molecule is Cc1cc(Cl)c(S(=O)(=O)NCc2cn(C)nc2C)cc1N. The maximum absolute atomic E-state index is 12.3. The number of anilines is 1. The molecule has 0 amide bonds.